The summed E-state index contributed by atoms with van der Waals surface area (Å²) in [5, 5.41) is 4.87. The average molecular weight is 306 g/mol. The number of halogens is 1. The average Bonchev–Trinajstić information content (AvgIpc) is 2.65. The molecular formula is C11H16BrNO2S. The van der Waals surface area contributed by atoms with Gasteiger partial charge >= 0.3 is 0 Å². The number of methoxy groups -OCH3 is 1. The van der Waals surface area contributed by atoms with Crippen LogP contribution in [-0.4, -0.2) is 25.7 Å². The van der Waals surface area contributed by atoms with E-state index in [-0.39, 0.29) is 11.9 Å². The quantitative estimate of drug-likeness (QED) is 0.877. The summed E-state index contributed by atoms with van der Waals surface area (Å²) in [6, 6.07) is 1.97. The Labute approximate surface area is 108 Å². The van der Waals surface area contributed by atoms with Gasteiger partial charge in [-0.05, 0) is 33.8 Å². The predicted molar refractivity (Wildman–Crippen MR) is 70.1 cm³/mol. The number of nitrogens with one attached hydrogen (secondary N) is 1. The normalized spacial score (nSPS) is 12.4. The molecule has 90 valence electrons. The number of carbonyl (C=O) groups is 1. The van der Waals surface area contributed by atoms with Gasteiger partial charge in [0.25, 0.3) is 5.91 Å². The summed E-state index contributed by atoms with van der Waals surface area (Å²) in [4.78, 5) is 12.6. The molecule has 1 unspecified atom stereocenters. The summed E-state index contributed by atoms with van der Waals surface area (Å²) in [5.74, 6) is -0.0302. The van der Waals surface area contributed by atoms with E-state index in [0.29, 0.717) is 6.61 Å². The molecule has 0 spiro atoms. The number of rotatable bonds is 6. The van der Waals surface area contributed by atoms with Gasteiger partial charge in [-0.3, -0.25) is 4.79 Å². The first-order valence-corrected chi connectivity index (χ1v) is 6.89. The number of hydrogen-bond acceptors (Lipinski definition) is 3. The van der Waals surface area contributed by atoms with E-state index in [1.165, 1.54) is 11.3 Å². The molecule has 1 rings (SSSR count). The SMILES string of the molecule is CCCC(COC)NC(=O)c1sccc1Br. The molecular weight excluding hydrogens is 290 g/mol. The van der Waals surface area contributed by atoms with Gasteiger partial charge in [0.2, 0.25) is 0 Å². The summed E-state index contributed by atoms with van der Waals surface area (Å²) >= 11 is 4.79. The van der Waals surface area contributed by atoms with Crippen LogP contribution in [0.4, 0.5) is 0 Å². The van der Waals surface area contributed by atoms with E-state index in [0.717, 1.165) is 22.2 Å². The van der Waals surface area contributed by atoms with Crippen molar-refractivity contribution in [2.45, 2.75) is 25.8 Å². The van der Waals surface area contributed by atoms with Crippen molar-refractivity contribution in [2.75, 3.05) is 13.7 Å². The van der Waals surface area contributed by atoms with Crippen LogP contribution in [0.1, 0.15) is 29.4 Å². The maximum atomic E-state index is 11.9. The molecule has 1 atom stereocenters. The monoisotopic (exact) mass is 305 g/mol. The second-order valence-electron chi connectivity index (χ2n) is 3.51. The van der Waals surface area contributed by atoms with Crippen LogP contribution in [-0.2, 0) is 4.74 Å². The van der Waals surface area contributed by atoms with Gasteiger partial charge in [0, 0.05) is 11.6 Å². The zero-order chi connectivity index (χ0) is 12.0. The predicted octanol–water partition coefficient (Wildman–Crippen LogP) is 3.06. The summed E-state index contributed by atoms with van der Waals surface area (Å²) in [7, 11) is 1.65. The minimum absolute atomic E-state index is 0.0302. The van der Waals surface area contributed by atoms with Crippen molar-refractivity contribution in [3.05, 3.63) is 20.8 Å². The minimum Gasteiger partial charge on any atom is -0.383 e. The van der Waals surface area contributed by atoms with Gasteiger partial charge in [0.1, 0.15) is 4.88 Å². The Balaban J connectivity index is 2.58. The van der Waals surface area contributed by atoms with Crippen molar-refractivity contribution in [3.63, 3.8) is 0 Å². The van der Waals surface area contributed by atoms with Gasteiger partial charge in [-0.15, -0.1) is 11.3 Å². The van der Waals surface area contributed by atoms with E-state index < -0.39 is 0 Å². The lowest BCUT2D eigenvalue weighted by molar-refractivity contribution is 0.0895. The van der Waals surface area contributed by atoms with Crippen molar-refractivity contribution in [1.82, 2.24) is 5.32 Å². The molecule has 0 saturated heterocycles. The van der Waals surface area contributed by atoms with Crippen LogP contribution in [0, 0.1) is 0 Å². The molecule has 0 aliphatic heterocycles. The first-order valence-electron chi connectivity index (χ1n) is 5.21. The molecule has 1 heterocycles. The Morgan fingerprint density at radius 1 is 1.69 bits per heavy atom. The van der Waals surface area contributed by atoms with E-state index in [9.17, 15) is 4.79 Å². The van der Waals surface area contributed by atoms with Gasteiger partial charge in [-0.1, -0.05) is 13.3 Å². The molecule has 0 aliphatic rings. The highest BCUT2D eigenvalue weighted by Gasteiger charge is 2.15. The van der Waals surface area contributed by atoms with E-state index in [1.54, 1.807) is 7.11 Å². The number of amides is 1. The van der Waals surface area contributed by atoms with Gasteiger partial charge in [0.15, 0.2) is 0 Å². The molecule has 0 bridgehead atoms. The van der Waals surface area contributed by atoms with Gasteiger partial charge in [-0.2, -0.15) is 0 Å². The maximum Gasteiger partial charge on any atom is 0.262 e. The molecule has 1 N–H and O–H groups in total. The topological polar surface area (TPSA) is 38.3 Å². The number of carbonyl (C=O) groups excluding carboxylic acids is 1. The van der Waals surface area contributed by atoms with Gasteiger partial charge < -0.3 is 10.1 Å². The van der Waals surface area contributed by atoms with E-state index >= 15 is 0 Å². The Morgan fingerprint density at radius 2 is 2.44 bits per heavy atom. The van der Waals surface area contributed by atoms with Crippen LogP contribution >= 0.6 is 27.3 Å². The first-order chi connectivity index (χ1) is 7.69. The second-order valence-corrected chi connectivity index (χ2v) is 5.28. The van der Waals surface area contributed by atoms with Crippen molar-refractivity contribution in [1.29, 1.82) is 0 Å². The molecule has 0 radical (unpaired) electrons. The maximum absolute atomic E-state index is 11.9. The van der Waals surface area contributed by atoms with Crippen LogP contribution in [0.5, 0.6) is 0 Å². The standard InChI is InChI=1S/C11H16BrNO2S/c1-3-4-8(7-15-2)13-11(14)10-9(12)5-6-16-10/h5-6,8H,3-4,7H2,1-2H3,(H,13,14). The lowest BCUT2D eigenvalue weighted by Gasteiger charge is -2.16. The number of hydrogen-bond donors (Lipinski definition) is 1. The van der Waals surface area contributed by atoms with Crippen molar-refractivity contribution < 1.29 is 9.53 Å². The molecule has 1 aromatic rings. The summed E-state index contributed by atoms with van der Waals surface area (Å²) < 4.78 is 5.93. The molecule has 5 heteroatoms. The Kier molecular flexibility index (Phi) is 6.01. The van der Waals surface area contributed by atoms with E-state index in [1.807, 2.05) is 11.4 Å². The highest BCUT2D eigenvalue weighted by atomic mass is 79.9. The van der Waals surface area contributed by atoms with Crippen molar-refractivity contribution in [3.8, 4) is 0 Å². The summed E-state index contributed by atoms with van der Waals surface area (Å²) in [6.07, 6.45) is 1.96. The van der Waals surface area contributed by atoms with Crippen LogP contribution in [0.2, 0.25) is 0 Å². The highest BCUT2D eigenvalue weighted by molar-refractivity contribution is 9.10. The fraction of sp³-hybridized carbons (Fsp3) is 0.545. The number of thiophene rings is 1. The summed E-state index contributed by atoms with van der Waals surface area (Å²) in [5.41, 5.74) is 0. The van der Waals surface area contributed by atoms with Crippen molar-refractivity contribution in [2.24, 2.45) is 0 Å². The largest absolute Gasteiger partial charge is 0.383 e. The molecule has 1 amide bonds. The Morgan fingerprint density at radius 3 is 2.94 bits per heavy atom. The first kappa shape index (κ1) is 13.7. The van der Waals surface area contributed by atoms with E-state index in [2.05, 4.69) is 28.2 Å². The molecule has 0 aliphatic carbocycles. The lowest BCUT2D eigenvalue weighted by atomic mass is 10.2. The molecule has 16 heavy (non-hydrogen) atoms. The second kappa shape index (κ2) is 7.04. The summed E-state index contributed by atoms with van der Waals surface area (Å²) in [6.45, 7) is 2.65. The minimum atomic E-state index is -0.0302. The van der Waals surface area contributed by atoms with Crippen LogP contribution in [0.15, 0.2) is 15.9 Å². The molecule has 0 saturated carbocycles. The Bertz CT molecular complexity index is 334. The van der Waals surface area contributed by atoms with Gasteiger partial charge in [-0.25, -0.2) is 0 Å². The highest BCUT2D eigenvalue weighted by Crippen LogP contribution is 2.22. The smallest absolute Gasteiger partial charge is 0.262 e. The molecule has 1 aromatic heterocycles. The van der Waals surface area contributed by atoms with Crippen LogP contribution < -0.4 is 5.32 Å². The fourth-order valence-corrected chi connectivity index (χ4v) is 2.91. The lowest BCUT2D eigenvalue weighted by Crippen LogP contribution is -2.37. The van der Waals surface area contributed by atoms with Gasteiger partial charge in [0.05, 0.1) is 12.6 Å². The third kappa shape index (κ3) is 3.88. The van der Waals surface area contributed by atoms with Crippen LogP contribution in [0.3, 0.4) is 0 Å². The molecule has 0 aromatic carbocycles. The molecule has 3 nitrogen and oxygen atoms in total. The zero-order valence-electron chi connectivity index (χ0n) is 9.46. The third-order valence-electron chi connectivity index (χ3n) is 2.16. The number of ether oxygens (including phenoxy) is 1. The third-order valence-corrected chi connectivity index (χ3v) is 4.00. The van der Waals surface area contributed by atoms with Crippen molar-refractivity contribution >= 4 is 33.2 Å². The van der Waals surface area contributed by atoms with Crippen LogP contribution in [0.25, 0.3) is 0 Å². The zero-order valence-corrected chi connectivity index (χ0v) is 11.9. The van der Waals surface area contributed by atoms with E-state index in [4.69, 9.17) is 4.74 Å². The molecule has 0 fully saturated rings. The Hall–Kier alpha value is -0.390. The fourth-order valence-electron chi connectivity index (χ4n) is 1.45.